The van der Waals surface area contributed by atoms with E-state index in [4.69, 9.17) is 11.6 Å². The highest BCUT2D eigenvalue weighted by molar-refractivity contribution is 6.30. The summed E-state index contributed by atoms with van der Waals surface area (Å²) in [5.74, 6) is -0.235. The number of benzene rings is 2. The first kappa shape index (κ1) is 18.8. The van der Waals surface area contributed by atoms with Crippen LogP contribution in [0.4, 0.5) is 5.69 Å². The minimum Gasteiger partial charge on any atom is -0.368 e. The van der Waals surface area contributed by atoms with Crippen molar-refractivity contribution in [2.75, 3.05) is 31.1 Å². The Bertz CT molecular complexity index is 850. The number of hydrogen-bond donors (Lipinski definition) is 1. The van der Waals surface area contributed by atoms with E-state index >= 15 is 0 Å². The maximum absolute atomic E-state index is 12.8. The lowest BCUT2D eigenvalue weighted by atomic mass is 10.2. The molecular weight excluding hydrogens is 374 g/mol. The summed E-state index contributed by atoms with van der Waals surface area (Å²) in [6.45, 7) is 3.43. The molecule has 1 aliphatic heterocycles. The van der Waals surface area contributed by atoms with Gasteiger partial charge in [0, 0.05) is 43.4 Å². The van der Waals surface area contributed by atoms with Crippen LogP contribution in [-0.4, -0.2) is 42.9 Å². The van der Waals surface area contributed by atoms with Crippen molar-refractivity contribution in [3.05, 3.63) is 65.2 Å². The van der Waals surface area contributed by atoms with E-state index in [1.165, 1.54) is 0 Å². The number of carbonyl (C=O) groups is 2. The zero-order chi connectivity index (χ0) is 19.5. The molecule has 4 rings (SSSR count). The van der Waals surface area contributed by atoms with Crippen LogP contribution in [0, 0.1) is 11.8 Å². The molecule has 1 aliphatic carbocycles. The summed E-state index contributed by atoms with van der Waals surface area (Å²) in [6.07, 6.45) is 0.661. The highest BCUT2D eigenvalue weighted by Crippen LogP contribution is 2.40. The molecule has 2 amide bonds. The van der Waals surface area contributed by atoms with Gasteiger partial charge in [0.15, 0.2) is 0 Å². The van der Waals surface area contributed by atoms with Gasteiger partial charge in [-0.25, -0.2) is 0 Å². The van der Waals surface area contributed by atoms with Gasteiger partial charge in [0.25, 0.3) is 0 Å². The topological polar surface area (TPSA) is 52.7 Å². The molecular formula is C22H24ClN3O2. The van der Waals surface area contributed by atoms with Crippen molar-refractivity contribution in [3.63, 3.8) is 0 Å². The minimum absolute atomic E-state index is 0.0141. The van der Waals surface area contributed by atoms with Gasteiger partial charge in [-0.1, -0.05) is 48.0 Å². The molecule has 1 heterocycles. The number of carbonyl (C=O) groups excluding carboxylic acids is 2. The van der Waals surface area contributed by atoms with Crippen LogP contribution < -0.4 is 10.2 Å². The summed E-state index contributed by atoms with van der Waals surface area (Å²) in [5, 5.41) is 3.67. The van der Waals surface area contributed by atoms with E-state index in [9.17, 15) is 9.59 Å². The van der Waals surface area contributed by atoms with Crippen LogP contribution in [0.1, 0.15) is 12.0 Å². The quantitative estimate of drug-likeness (QED) is 0.844. The van der Waals surface area contributed by atoms with Gasteiger partial charge >= 0.3 is 0 Å². The zero-order valence-corrected chi connectivity index (χ0v) is 16.4. The Morgan fingerprint density at radius 2 is 1.71 bits per heavy atom. The second-order valence-electron chi connectivity index (χ2n) is 7.44. The smallest absolute Gasteiger partial charge is 0.226 e. The standard InChI is InChI=1S/C22H24ClN3O2/c23-17-7-4-8-18(13-17)25-9-11-26(12-10-25)22(28)20-14-19(20)21(27)24-15-16-5-2-1-3-6-16/h1-8,13,19-20H,9-12,14-15H2,(H,24,27). The molecule has 2 atom stereocenters. The fraction of sp³-hybridized carbons (Fsp3) is 0.364. The van der Waals surface area contributed by atoms with E-state index in [1.807, 2.05) is 59.5 Å². The van der Waals surface area contributed by atoms with Crippen molar-refractivity contribution in [2.45, 2.75) is 13.0 Å². The summed E-state index contributed by atoms with van der Waals surface area (Å²) >= 11 is 6.07. The molecule has 6 heteroatoms. The fourth-order valence-electron chi connectivity index (χ4n) is 3.77. The third kappa shape index (κ3) is 4.30. The average molecular weight is 398 g/mol. The van der Waals surface area contributed by atoms with Crippen molar-refractivity contribution in [1.82, 2.24) is 10.2 Å². The van der Waals surface area contributed by atoms with Gasteiger partial charge in [0.1, 0.15) is 0 Å². The number of nitrogens with one attached hydrogen (secondary N) is 1. The third-order valence-corrected chi connectivity index (χ3v) is 5.75. The van der Waals surface area contributed by atoms with E-state index in [-0.39, 0.29) is 23.7 Å². The Balaban J connectivity index is 1.24. The molecule has 2 aromatic carbocycles. The number of piperazine rings is 1. The normalized spacial score (nSPS) is 21.3. The van der Waals surface area contributed by atoms with Gasteiger partial charge in [0.05, 0.1) is 11.8 Å². The van der Waals surface area contributed by atoms with Gasteiger partial charge in [0.2, 0.25) is 11.8 Å². The molecule has 0 aromatic heterocycles. The lowest BCUT2D eigenvalue weighted by Crippen LogP contribution is -2.49. The number of anilines is 1. The van der Waals surface area contributed by atoms with Crippen molar-refractivity contribution >= 4 is 29.1 Å². The van der Waals surface area contributed by atoms with Crippen LogP contribution in [-0.2, 0) is 16.1 Å². The second kappa shape index (κ2) is 8.23. The molecule has 2 aliphatic rings. The van der Waals surface area contributed by atoms with E-state index in [0.717, 1.165) is 29.4 Å². The minimum atomic E-state index is -0.179. The average Bonchev–Trinajstić information content (AvgIpc) is 3.53. The first-order valence-corrected chi connectivity index (χ1v) is 10.1. The van der Waals surface area contributed by atoms with E-state index in [1.54, 1.807) is 0 Å². The van der Waals surface area contributed by atoms with E-state index in [0.29, 0.717) is 26.1 Å². The highest BCUT2D eigenvalue weighted by Gasteiger charge is 2.49. The van der Waals surface area contributed by atoms with Crippen LogP contribution in [0.15, 0.2) is 54.6 Å². The Labute approximate surface area is 170 Å². The number of rotatable bonds is 5. The largest absolute Gasteiger partial charge is 0.368 e. The number of halogens is 1. The first-order valence-electron chi connectivity index (χ1n) is 9.73. The molecule has 2 unspecified atom stereocenters. The van der Waals surface area contributed by atoms with Crippen LogP contribution in [0.5, 0.6) is 0 Å². The Morgan fingerprint density at radius 1 is 0.964 bits per heavy atom. The summed E-state index contributed by atoms with van der Waals surface area (Å²) in [6, 6.07) is 17.6. The summed E-state index contributed by atoms with van der Waals surface area (Å²) in [4.78, 5) is 29.2. The van der Waals surface area contributed by atoms with Crippen LogP contribution in [0.25, 0.3) is 0 Å². The molecule has 0 bridgehead atoms. The lowest BCUT2D eigenvalue weighted by Gasteiger charge is -2.36. The zero-order valence-electron chi connectivity index (χ0n) is 15.7. The predicted molar refractivity (Wildman–Crippen MR) is 110 cm³/mol. The number of nitrogens with zero attached hydrogens (tertiary/aromatic N) is 2. The molecule has 1 saturated heterocycles. The van der Waals surface area contributed by atoms with Crippen LogP contribution in [0.3, 0.4) is 0 Å². The molecule has 5 nitrogen and oxygen atoms in total. The van der Waals surface area contributed by atoms with Crippen LogP contribution in [0.2, 0.25) is 5.02 Å². The molecule has 2 fully saturated rings. The lowest BCUT2D eigenvalue weighted by molar-refractivity contribution is -0.135. The van der Waals surface area contributed by atoms with Gasteiger partial charge in [-0.3, -0.25) is 9.59 Å². The third-order valence-electron chi connectivity index (χ3n) is 5.52. The molecule has 28 heavy (non-hydrogen) atoms. The summed E-state index contributed by atoms with van der Waals surface area (Å²) < 4.78 is 0. The van der Waals surface area contributed by atoms with Gasteiger partial charge < -0.3 is 15.1 Å². The highest BCUT2D eigenvalue weighted by atomic mass is 35.5. The second-order valence-corrected chi connectivity index (χ2v) is 7.88. The molecule has 0 radical (unpaired) electrons. The monoisotopic (exact) mass is 397 g/mol. The molecule has 0 spiro atoms. The SMILES string of the molecule is O=C(NCc1ccccc1)C1CC1C(=O)N1CCN(c2cccc(Cl)c2)CC1. The molecule has 146 valence electrons. The molecule has 2 aromatic rings. The number of amides is 2. The van der Waals surface area contributed by atoms with Gasteiger partial charge in [-0.05, 0) is 30.2 Å². The Kier molecular flexibility index (Phi) is 5.53. The summed E-state index contributed by atoms with van der Waals surface area (Å²) in [7, 11) is 0. The maximum Gasteiger partial charge on any atom is 0.226 e. The predicted octanol–water partition coefficient (Wildman–Crippen LogP) is 2.94. The van der Waals surface area contributed by atoms with Crippen molar-refractivity contribution in [3.8, 4) is 0 Å². The van der Waals surface area contributed by atoms with Crippen molar-refractivity contribution < 1.29 is 9.59 Å². The fourth-order valence-corrected chi connectivity index (χ4v) is 3.95. The van der Waals surface area contributed by atoms with Gasteiger partial charge in [-0.2, -0.15) is 0 Å². The van der Waals surface area contributed by atoms with E-state index < -0.39 is 0 Å². The number of hydrogen-bond acceptors (Lipinski definition) is 3. The Hall–Kier alpha value is -2.53. The Morgan fingerprint density at radius 3 is 2.43 bits per heavy atom. The first-order chi connectivity index (χ1) is 13.6. The molecule has 1 saturated carbocycles. The van der Waals surface area contributed by atoms with Crippen molar-refractivity contribution in [1.29, 1.82) is 0 Å². The molecule has 1 N–H and O–H groups in total. The van der Waals surface area contributed by atoms with E-state index in [2.05, 4.69) is 10.2 Å². The van der Waals surface area contributed by atoms with Crippen LogP contribution >= 0.6 is 11.6 Å². The summed E-state index contributed by atoms with van der Waals surface area (Å²) in [5.41, 5.74) is 2.15. The maximum atomic E-state index is 12.8. The van der Waals surface area contributed by atoms with Crippen molar-refractivity contribution in [2.24, 2.45) is 11.8 Å². The van der Waals surface area contributed by atoms with Gasteiger partial charge in [-0.15, -0.1) is 0 Å².